The first-order valence-corrected chi connectivity index (χ1v) is 7.81. The average molecular weight is 271 g/mol. The smallest absolute Gasteiger partial charge is 0.0405 e. The van der Waals surface area contributed by atoms with Gasteiger partial charge in [0.2, 0.25) is 0 Å². The number of rotatable bonds is 5. The van der Waals surface area contributed by atoms with E-state index in [0.717, 1.165) is 5.02 Å². The zero-order valence-corrected chi connectivity index (χ0v) is 13.5. The van der Waals surface area contributed by atoms with Crippen LogP contribution in [0.5, 0.6) is 0 Å². The van der Waals surface area contributed by atoms with Crippen molar-refractivity contribution in [3.8, 4) is 0 Å². The van der Waals surface area contributed by atoms with Gasteiger partial charge in [0, 0.05) is 5.02 Å². The predicted octanol–water partition coefficient (Wildman–Crippen LogP) is 7.12. The molecule has 0 aliphatic carbocycles. The van der Waals surface area contributed by atoms with Gasteiger partial charge in [0.25, 0.3) is 0 Å². The maximum Gasteiger partial charge on any atom is 0.0405 e. The van der Waals surface area contributed by atoms with E-state index >= 15 is 0 Å². The molecule has 0 spiro atoms. The summed E-state index contributed by atoms with van der Waals surface area (Å²) in [6.45, 7) is 8.89. The molecular weight excluding hydrogens is 240 g/mol. The van der Waals surface area contributed by atoms with Gasteiger partial charge in [-0.15, -0.1) is 0 Å². The van der Waals surface area contributed by atoms with E-state index in [4.69, 9.17) is 11.6 Å². The third-order valence-corrected chi connectivity index (χ3v) is 2.65. The summed E-state index contributed by atoms with van der Waals surface area (Å²) in [6.07, 6.45) is 9.61. The Kier molecular flexibility index (Phi) is 20.8. The molecule has 0 amide bonds. The Morgan fingerprint density at radius 1 is 0.667 bits per heavy atom. The Morgan fingerprint density at radius 3 is 1.22 bits per heavy atom. The highest BCUT2D eigenvalue weighted by molar-refractivity contribution is 6.30. The summed E-state index contributed by atoms with van der Waals surface area (Å²) in [5.74, 6) is 0. The molecule has 1 heteroatoms. The standard InChI is InChI=1S/C6H5Cl.C6H14.C5H12/c7-6-4-2-1-3-5-6;1-3-5-6-4-2;1-3-5-4-2/h1-5H;3-6H2,1-2H3;3-5H2,1-2H3. The molecular formula is C17H31Cl. The highest BCUT2D eigenvalue weighted by atomic mass is 35.5. The summed E-state index contributed by atoms with van der Waals surface area (Å²) in [5.41, 5.74) is 0. The summed E-state index contributed by atoms with van der Waals surface area (Å²) < 4.78 is 0. The highest BCUT2D eigenvalue weighted by Gasteiger charge is 1.75. The minimum Gasteiger partial charge on any atom is -0.0843 e. The number of unbranched alkanes of at least 4 members (excludes halogenated alkanes) is 5. The molecule has 106 valence electrons. The van der Waals surface area contributed by atoms with E-state index in [1.807, 2.05) is 30.3 Å². The minimum absolute atomic E-state index is 0.794. The van der Waals surface area contributed by atoms with Crippen LogP contribution in [0, 0.1) is 0 Å². The van der Waals surface area contributed by atoms with Gasteiger partial charge in [-0.3, -0.25) is 0 Å². The van der Waals surface area contributed by atoms with E-state index in [1.165, 1.54) is 44.9 Å². The zero-order valence-electron chi connectivity index (χ0n) is 12.7. The van der Waals surface area contributed by atoms with Gasteiger partial charge in [-0.25, -0.2) is 0 Å². The van der Waals surface area contributed by atoms with E-state index in [0.29, 0.717) is 0 Å². The van der Waals surface area contributed by atoms with Gasteiger partial charge in [-0.2, -0.15) is 0 Å². The molecule has 0 heterocycles. The Balaban J connectivity index is 0. The third kappa shape index (κ3) is 20.9. The lowest BCUT2D eigenvalue weighted by molar-refractivity contribution is 0.702. The second kappa shape index (κ2) is 18.9. The van der Waals surface area contributed by atoms with Crippen molar-refractivity contribution in [1.82, 2.24) is 0 Å². The van der Waals surface area contributed by atoms with Gasteiger partial charge in [0.1, 0.15) is 0 Å². The van der Waals surface area contributed by atoms with E-state index in [9.17, 15) is 0 Å². The topological polar surface area (TPSA) is 0 Å². The molecule has 0 nitrogen and oxygen atoms in total. The maximum absolute atomic E-state index is 5.54. The molecule has 0 aliphatic heterocycles. The second-order valence-electron chi connectivity index (χ2n) is 4.36. The molecule has 0 N–H and O–H groups in total. The summed E-state index contributed by atoms with van der Waals surface area (Å²) in [5, 5.41) is 0.794. The molecule has 0 aliphatic rings. The number of halogens is 1. The summed E-state index contributed by atoms with van der Waals surface area (Å²) in [7, 11) is 0. The van der Waals surface area contributed by atoms with Gasteiger partial charge in [0.05, 0.1) is 0 Å². The molecule has 0 bridgehead atoms. The fourth-order valence-electron chi connectivity index (χ4n) is 1.27. The molecule has 0 radical (unpaired) electrons. The van der Waals surface area contributed by atoms with Crippen molar-refractivity contribution in [3.05, 3.63) is 35.4 Å². The van der Waals surface area contributed by atoms with Gasteiger partial charge in [-0.1, -0.05) is 102 Å². The molecule has 1 aromatic rings. The maximum atomic E-state index is 5.54. The van der Waals surface area contributed by atoms with E-state index in [1.54, 1.807) is 0 Å². The Labute approximate surface area is 120 Å². The quantitative estimate of drug-likeness (QED) is 0.500. The largest absolute Gasteiger partial charge is 0.0843 e. The highest BCUT2D eigenvalue weighted by Crippen LogP contribution is 2.03. The molecule has 1 aromatic carbocycles. The van der Waals surface area contributed by atoms with E-state index in [2.05, 4.69) is 27.7 Å². The average Bonchev–Trinajstić information content (AvgIpc) is 2.40. The fraction of sp³-hybridized carbons (Fsp3) is 0.647. The molecule has 0 aromatic heterocycles. The van der Waals surface area contributed by atoms with Crippen LogP contribution in [0.1, 0.15) is 72.6 Å². The fourth-order valence-corrected chi connectivity index (χ4v) is 1.41. The van der Waals surface area contributed by atoms with Crippen molar-refractivity contribution in [2.24, 2.45) is 0 Å². The van der Waals surface area contributed by atoms with Crippen molar-refractivity contribution in [1.29, 1.82) is 0 Å². The van der Waals surface area contributed by atoms with Crippen LogP contribution in [-0.2, 0) is 0 Å². The first-order chi connectivity index (χ1) is 8.72. The zero-order chi connectivity index (χ0) is 14.1. The normalized spacial score (nSPS) is 8.72. The van der Waals surface area contributed by atoms with Crippen LogP contribution >= 0.6 is 11.6 Å². The molecule has 0 saturated heterocycles. The Hall–Kier alpha value is -0.490. The van der Waals surface area contributed by atoms with Crippen molar-refractivity contribution < 1.29 is 0 Å². The Morgan fingerprint density at radius 2 is 1.06 bits per heavy atom. The van der Waals surface area contributed by atoms with E-state index < -0.39 is 0 Å². The van der Waals surface area contributed by atoms with Crippen LogP contribution in [0.15, 0.2) is 30.3 Å². The lowest BCUT2D eigenvalue weighted by atomic mass is 10.2. The first-order valence-electron chi connectivity index (χ1n) is 7.43. The van der Waals surface area contributed by atoms with Gasteiger partial charge in [-0.05, 0) is 12.1 Å². The van der Waals surface area contributed by atoms with Crippen molar-refractivity contribution in [2.45, 2.75) is 72.6 Å². The molecule has 1 rings (SSSR count). The number of benzene rings is 1. The monoisotopic (exact) mass is 270 g/mol. The molecule has 0 fully saturated rings. The third-order valence-electron chi connectivity index (χ3n) is 2.40. The van der Waals surface area contributed by atoms with Crippen molar-refractivity contribution in [3.63, 3.8) is 0 Å². The second-order valence-corrected chi connectivity index (χ2v) is 4.79. The van der Waals surface area contributed by atoms with Crippen LogP contribution in [0.25, 0.3) is 0 Å². The molecule has 0 unspecified atom stereocenters. The summed E-state index contributed by atoms with van der Waals surface area (Å²) in [4.78, 5) is 0. The van der Waals surface area contributed by atoms with Crippen molar-refractivity contribution in [2.75, 3.05) is 0 Å². The van der Waals surface area contributed by atoms with Crippen LogP contribution in [-0.4, -0.2) is 0 Å². The first kappa shape index (κ1) is 19.8. The predicted molar refractivity (Wildman–Crippen MR) is 86.5 cm³/mol. The number of hydrogen-bond acceptors (Lipinski definition) is 0. The van der Waals surface area contributed by atoms with Gasteiger partial charge in [0.15, 0.2) is 0 Å². The van der Waals surface area contributed by atoms with Gasteiger partial charge >= 0.3 is 0 Å². The van der Waals surface area contributed by atoms with Crippen LogP contribution in [0.4, 0.5) is 0 Å². The Bertz CT molecular complexity index is 212. The molecule has 0 saturated carbocycles. The van der Waals surface area contributed by atoms with Crippen molar-refractivity contribution >= 4 is 11.6 Å². The van der Waals surface area contributed by atoms with Crippen LogP contribution in [0.3, 0.4) is 0 Å². The minimum atomic E-state index is 0.794. The summed E-state index contributed by atoms with van der Waals surface area (Å²) >= 11 is 5.54. The van der Waals surface area contributed by atoms with Gasteiger partial charge < -0.3 is 0 Å². The molecule has 18 heavy (non-hydrogen) atoms. The van der Waals surface area contributed by atoms with Crippen LogP contribution < -0.4 is 0 Å². The SMILES string of the molecule is CCCCC.CCCCCC.Clc1ccccc1. The summed E-state index contributed by atoms with van der Waals surface area (Å²) in [6, 6.07) is 9.44. The molecule has 0 atom stereocenters. The van der Waals surface area contributed by atoms with Crippen LogP contribution in [0.2, 0.25) is 5.02 Å². The number of hydrogen-bond donors (Lipinski definition) is 0. The van der Waals surface area contributed by atoms with E-state index in [-0.39, 0.29) is 0 Å². The lowest BCUT2D eigenvalue weighted by Gasteiger charge is -1.86. The lowest BCUT2D eigenvalue weighted by Crippen LogP contribution is -1.66.